The highest BCUT2D eigenvalue weighted by molar-refractivity contribution is 5.94. The zero-order valence-corrected chi connectivity index (χ0v) is 16.6. The lowest BCUT2D eigenvalue weighted by Gasteiger charge is -2.34. The molecule has 0 aromatic heterocycles. The molecule has 2 rings (SSSR count). The van der Waals surface area contributed by atoms with E-state index in [4.69, 9.17) is 0 Å². The van der Waals surface area contributed by atoms with Crippen molar-refractivity contribution >= 4 is 23.3 Å². The fourth-order valence-corrected chi connectivity index (χ4v) is 3.14. The Labute approximate surface area is 161 Å². The number of ketones is 1. The van der Waals surface area contributed by atoms with Crippen molar-refractivity contribution in [1.82, 2.24) is 10.2 Å². The Balaban J connectivity index is 1.77. The molecule has 0 saturated carbocycles. The van der Waals surface area contributed by atoms with E-state index in [1.807, 2.05) is 31.2 Å². The van der Waals surface area contributed by atoms with Crippen LogP contribution < -0.4 is 15.1 Å². The van der Waals surface area contributed by atoms with E-state index < -0.39 is 0 Å². The van der Waals surface area contributed by atoms with Crippen molar-refractivity contribution in [3.05, 3.63) is 29.8 Å². The number of nitrogens with one attached hydrogen (secondary N) is 2. The number of nitrogens with zero attached hydrogens (tertiary/aromatic N) is 2. The van der Waals surface area contributed by atoms with Crippen LogP contribution >= 0.6 is 0 Å². The van der Waals surface area contributed by atoms with Crippen LogP contribution in [0.4, 0.5) is 5.69 Å². The molecule has 7 nitrogen and oxygen atoms in total. The zero-order valence-electron chi connectivity index (χ0n) is 16.6. The predicted octanol–water partition coefficient (Wildman–Crippen LogP) is -0.421. The van der Waals surface area contributed by atoms with Gasteiger partial charge in [0.15, 0.2) is 12.3 Å². The summed E-state index contributed by atoms with van der Waals surface area (Å²) in [7, 11) is 1.68. The maximum Gasteiger partial charge on any atom is 0.277 e. The number of hydrogen-bond acceptors (Lipinski definition) is 4. The maximum atomic E-state index is 12.4. The van der Waals surface area contributed by atoms with Gasteiger partial charge in [-0.05, 0) is 37.6 Å². The number of benzene rings is 1. The van der Waals surface area contributed by atoms with Crippen LogP contribution in [0, 0.1) is 0 Å². The average Bonchev–Trinajstić information content (AvgIpc) is 2.67. The van der Waals surface area contributed by atoms with Crippen LogP contribution in [0.1, 0.15) is 30.6 Å². The fourth-order valence-electron chi connectivity index (χ4n) is 3.14. The van der Waals surface area contributed by atoms with Crippen LogP contribution in [0.3, 0.4) is 0 Å². The number of quaternary nitrogens is 1. The highest BCUT2D eigenvalue weighted by Gasteiger charge is 2.24. The molecule has 1 fully saturated rings. The van der Waals surface area contributed by atoms with Gasteiger partial charge in [-0.3, -0.25) is 14.4 Å². The summed E-state index contributed by atoms with van der Waals surface area (Å²) in [5.41, 5.74) is 1.83. The van der Waals surface area contributed by atoms with Crippen molar-refractivity contribution in [3.8, 4) is 0 Å². The monoisotopic (exact) mass is 375 g/mol. The normalized spacial score (nSPS) is 14.7. The Kier molecular flexibility index (Phi) is 7.79. The van der Waals surface area contributed by atoms with Gasteiger partial charge in [-0.2, -0.15) is 0 Å². The molecule has 2 amide bonds. The van der Waals surface area contributed by atoms with Crippen LogP contribution in [0.15, 0.2) is 24.3 Å². The van der Waals surface area contributed by atoms with Crippen molar-refractivity contribution in [3.63, 3.8) is 0 Å². The van der Waals surface area contributed by atoms with E-state index in [0.29, 0.717) is 13.1 Å². The van der Waals surface area contributed by atoms with E-state index in [9.17, 15) is 14.4 Å². The first kappa shape index (κ1) is 20.9. The number of anilines is 1. The van der Waals surface area contributed by atoms with Crippen LogP contribution in [0.25, 0.3) is 0 Å². The van der Waals surface area contributed by atoms with Gasteiger partial charge in [0.2, 0.25) is 5.91 Å². The van der Waals surface area contributed by atoms with E-state index in [1.54, 1.807) is 14.0 Å². The van der Waals surface area contributed by atoms with Gasteiger partial charge in [0.05, 0.1) is 32.7 Å². The number of hydrogen-bond donors (Lipinski definition) is 2. The van der Waals surface area contributed by atoms with E-state index in [-0.39, 0.29) is 24.1 Å². The van der Waals surface area contributed by atoms with Gasteiger partial charge in [-0.15, -0.1) is 0 Å². The molecule has 0 radical (unpaired) electrons. The highest BCUT2D eigenvalue weighted by Crippen LogP contribution is 2.15. The number of carbonyl (C=O) groups is 3. The number of piperazine rings is 1. The fraction of sp³-hybridized carbons (Fsp3) is 0.550. The van der Waals surface area contributed by atoms with E-state index in [1.165, 1.54) is 9.80 Å². The topological polar surface area (TPSA) is 74.2 Å². The molecule has 1 aromatic carbocycles. The third-order valence-electron chi connectivity index (χ3n) is 4.89. The van der Waals surface area contributed by atoms with Crippen molar-refractivity contribution in [2.24, 2.45) is 0 Å². The molecule has 0 atom stereocenters. The molecule has 0 bridgehead atoms. The number of Topliss-reactive ketones (excluding diaryl/α,β-unsaturated/α-hetero) is 1. The molecule has 1 aliphatic rings. The van der Waals surface area contributed by atoms with Gasteiger partial charge in [0.25, 0.3) is 5.91 Å². The average molecular weight is 375 g/mol. The number of rotatable bonds is 8. The summed E-state index contributed by atoms with van der Waals surface area (Å²) in [4.78, 5) is 40.5. The third kappa shape index (κ3) is 6.36. The van der Waals surface area contributed by atoms with Gasteiger partial charge < -0.3 is 20.0 Å². The molecule has 2 N–H and O–H groups in total. The van der Waals surface area contributed by atoms with E-state index in [0.717, 1.165) is 43.9 Å². The molecular formula is C20H31N4O3+. The minimum absolute atomic E-state index is 0.00379. The minimum Gasteiger partial charge on any atom is -0.360 e. The molecule has 0 aliphatic carbocycles. The molecule has 148 valence electrons. The summed E-state index contributed by atoms with van der Waals surface area (Å²) in [6, 6.07) is 7.68. The summed E-state index contributed by atoms with van der Waals surface area (Å²) < 4.78 is 0. The van der Waals surface area contributed by atoms with Gasteiger partial charge in [0.1, 0.15) is 0 Å². The Bertz CT molecular complexity index is 652. The molecule has 1 heterocycles. The lowest BCUT2D eigenvalue weighted by molar-refractivity contribution is -0.892. The number of amides is 2. The van der Waals surface area contributed by atoms with Gasteiger partial charge in [0, 0.05) is 24.8 Å². The first-order valence-corrected chi connectivity index (χ1v) is 9.61. The Hall–Kier alpha value is -2.41. The molecule has 0 spiro atoms. The molecular weight excluding hydrogens is 344 g/mol. The van der Waals surface area contributed by atoms with Crippen molar-refractivity contribution < 1.29 is 19.3 Å². The SMILES string of the molecule is CCCNC(=O)CN(C)C(=O)C[NH+]1CCN(c2ccc(C(C)=O)cc2)CC1. The number of likely N-dealkylation sites (N-methyl/N-ethyl adjacent to an activating group) is 1. The first-order chi connectivity index (χ1) is 12.9. The molecule has 1 aliphatic heterocycles. The van der Waals surface area contributed by atoms with Crippen molar-refractivity contribution in [2.75, 3.05) is 57.8 Å². The lowest BCUT2D eigenvalue weighted by Crippen LogP contribution is -3.15. The van der Waals surface area contributed by atoms with Crippen LogP contribution in [0.2, 0.25) is 0 Å². The summed E-state index contributed by atoms with van der Waals surface area (Å²) in [5, 5.41) is 2.79. The lowest BCUT2D eigenvalue weighted by atomic mass is 10.1. The van der Waals surface area contributed by atoms with Crippen LogP contribution in [-0.2, 0) is 9.59 Å². The molecule has 27 heavy (non-hydrogen) atoms. The third-order valence-corrected chi connectivity index (χ3v) is 4.89. The standard InChI is InChI=1S/C20H30N4O3/c1-4-9-21-19(26)14-22(3)20(27)15-23-10-12-24(13-11-23)18-7-5-17(6-8-18)16(2)25/h5-8H,4,9-15H2,1-3H3,(H,21,26)/p+1. The molecule has 1 aromatic rings. The van der Waals surface area contributed by atoms with Gasteiger partial charge >= 0.3 is 0 Å². The second kappa shape index (κ2) is 10.1. The number of carbonyl (C=O) groups excluding carboxylic acids is 3. The smallest absolute Gasteiger partial charge is 0.277 e. The Morgan fingerprint density at radius 1 is 1.15 bits per heavy atom. The minimum atomic E-state index is -0.110. The van der Waals surface area contributed by atoms with Crippen LogP contribution in [0.5, 0.6) is 0 Å². The second-order valence-electron chi connectivity index (χ2n) is 7.12. The molecule has 1 saturated heterocycles. The largest absolute Gasteiger partial charge is 0.360 e. The maximum absolute atomic E-state index is 12.4. The summed E-state index contributed by atoms with van der Waals surface area (Å²) in [6.07, 6.45) is 0.884. The van der Waals surface area contributed by atoms with E-state index in [2.05, 4.69) is 10.2 Å². The quantitative estimate of drug-likeness (QED) is 0.605. The first-order valence-electron chi connectivity index (χ1n) is 9.61. The zero-order chi connectivity index (χ0) is 19.8. The molecule has 0 unspecified atom stereocenters. The summed E-state index contributed by atoms with van der Waals surface area (Å²) in [6.45, 7) is 8.20. The van der Waals surface area contributed by atoms with Crippen LogP contribution in [-0.4, -0.2) is 75.4 Å². The Morgan fingerprint density at radius 3 is 2.33 bits per heavy atom. The summed E-state index contributed by atoms with van der Waals surface area (Å²) >= 11 is 0. The van der Waals surface area contributed by atoms with Crippen molar-refractivity contribution in [2.45, 2.75) is 20.3 Å². The van der Waals surface area contributed by atoms with Crippen molar-refractivity contribution in [1.29, 1.82) is 0 Å². The highest BCUT2D eigenvalue weighted by atomic mass is 16.2. The van der Waals surface area contributed by atoms with E-state index >= 15 is 0 Å². The second-order valence-corrected chi connectivity index (χ2v) is 7.12. The summed E-state index contributed by atoms with van der Waals surface area (Å²) in [5.74, 6) is -0.0424. The Morgan fingerprint density at radius 2 is 1.78 bits per heavy atom. The molecule has 7 heteroatoms. The predicted molar refractivity (Wildman–Crippen MR) is 105 cm³/mol. The van der Waals surface area contributed by atoms with Gasteiger partial charge in [-0.1, -0.05) is 6.92 Å². The van der Waals surface area contributed by atoms with Gasteiger partial charge in [-0.25, -0.2) is 0 Å².